The fraction of sp³-hybridized carbons (Fsp3) is 0.160. The molecule has 4 aromatic rings. The van der Waals surface area contributed by atoms with Gasteiger partial charge in [-0.1, -0.05) is 31.2 Å². The first-order chi connectivity index (χ1) is 14.6. The van der Waals surface area contributed by atoms with Crippen molar-refractivity contribution in [1.29, 1.82) is 0 Å². The van der Waals surface area contributed by atoms with E-state index in [0.717, 1.165) is 45.3 Å². The van der Waals surface area contributed by atoms with Gasteiger partial charge in [0.25, 0.3) is 0 Å². The molecular formula is C25H28N4O. The monoisotopic (exact) mass is 400 g/mol. The summed E-state index contributed by atoms with van der Waals surface area (Å²) >= 11 is 0. The van der Waals surface area contributed by atoms with E-state index in [-0.39, 0.29) is 14.9 Å². The zero-order valence-electron chi connectivity index (χ0n) is 17.1. The molecule has 5 nitrogen and oxygen atoms in total. The summed E-state index contributed by atoms with van der Waals surface area (Å²) in [6.45, 7) is 4.04. The van der Waals surface area contributed by atoms with Crippen LogP contribution in [0, 0.1) is 6.92 Å². The Morgan fingerprint density at radius 3 is 2.57 bits per heavy atom. The first-order valence-electron chi connectivity index (χ1n) is 10.1. The Bertz CT molecular complexity index is 1180. The first-order valence-corrected chi connectivity index (χ1v) is 10.1. The molecule has 0 aliphatic rings. The van der Waals surface area contributed by atoms with Gasteiger partial charge in [0.15, 0.2) is 0 Å². The van der Waals surface area contributed by atoms with Gasteiger partial charge in [-0.25, -0.2) is 4.79 Å². The van der Waals surface area contributed by atoms with Crippen molar-refractivity contribution in [2.45, 2.75) is 26.3 Å². The lowest BCUT2D eigenvalue weighted by molar-refractivity contribution is 0.248. The number of hydrogen-bond acceptors (Lipinski definition) is 3. The molecule has 1 atom stereocenters. The van der Waals surface area contributed by atoms with Gasteiger partial charge in [-0.2, -0.15) is 0 Å². The van der Waals surface area contributed by atoms with Gasteiger partial charge < -0.3 is 10.6 Å². The van der Waals surface area contributed by atoms with Crippen LogP contribution < -0.4 is 10.6 Å². The van der Waals surface area contributed by atoms with Crippen molar-refractivity contribution < 1.29 is 7.65 Å². The average Bonchev–Trinajstić information content (AvgIpc) is 2.77. The molecule has 0 aliphatic carbocycles. The van der Waals surface area contributed by atoms with E-state index < -0.39 is 0 Å². The highest BCUT2D eigenvalue weighted by Gasteiger charge is 2.13. The Labute approximate surface area is 179 Å². The predicted molar refractivity (Wildman–Crippen MR) is 126 cm³/mol. The zero-order chi connectivity index (χ0) is 20.9. The number of rotatable bonds is 5. The minimum absolute atomic E-state index is 0. The second-order valence-electron chi connectivity index (χ2n) is 7.30. The summed E-state index contributed by atoms with van der Waals surface area (Å²) in [6.07, 6.45) is 6.23. The van der Waals surface area contributed by atoms with E-state index >= 15 is 0 Å². The van der Waals surface area contributed by atoms with E-state index in [9.17, 15) is 4.79 Å². The van der Waals surface area contributed by atoms with Crippen LogP contribution in [-0.2, 0) is 0 Å². The van der Waals surface area contributed by atoms with Crippen molar-refractivity contribution >= 4 is 22.5 Å². The number of carbonyl (C=O) groups is 1. The van der Waals surface area contributed by atoms with Crippen molar-refractivity contribution in [2.75, 3.05) is 5.32 Å². The van der Waals surface area contributed by atoms with Gasteiger partial charge in [0.2, 0.25) is 0 Å². The van der Waals surface area contributed by atoms with Gasteiger partial charge in [0.1, 0.15) is 0 Å². The molecule has 4 rings (SSSR count). The van der Waals surface area contributed by atoms with Crippen LogP contribution in [-0.4, -0.2) is 16.0 Å². The first kappa shape index (κ1) is 19.6. The van der Waals surface area contributed by atoms with Crippen LogP contribution in [0.4, 0.5) is 10.5 Å². The standard InChI is InChI=1S/C25H24N4O.2H2/c1-3-24(21-4-5-22-16-26-12-10-20(22)15-21)29-25(30)28-23-8-6-18(7-9-23)19-11-13-27-17(2)14-19;;/h4-16,24H,3H2,1-2H3,(H2,28,29,30);2*1H. The van der Waals surface area contributed by atoms with Crippen molar-refractivity contribution in [2.24, 2.45) is 0 Å². The Morgan fingerprint density at radius 2 is 1.80 bits per heavy atom. The molecule has 2 aromatic carbocycles. The van der Waals surface area contributed by atoms with Gasteiger partial charge in [0.05, 0.1) is 6.04 Å². The third-order valence-corrected chi connectivity index (χ3v) is 5.15. The molecule has 154 valence electrons. The molecule has 5 heteroatoms. The zero-order valence-corrected chi connectivity index (χ0v) is 17.1. The Kier molecular flexibility index (Phi) is 5.70. The molecule has 2 amide bonds. The molecular weight excluding hydrogens is 372 g/mol. The second-order valence-corrected chi connectivity index (χ2v) is 7.30. The number of hydrogen-bond donors (Lipinski definition) is 2. The minimum atomic E-state index is -0.218. The Morgan fingerprint density at radius 1 is 0.967 bits per heavy atom. The topological polar surface area (TPSA) is 66.9 Å². The molecule has 0 fully saturated rings. The minimum Gasteiger partial charge on any atom is -0.331 e. The van der Waals surface area contributed by atoms with Crippen molar-refractivity contribution in [3.05, 3.63) is 90.5 Å². The van der Waals surface area contributed by atoms with Crippen LogP contribution in [0.5, 0.6) is 0 Å². The summed E-state index contributed by atoms with van der Waals surface area (Å²) in [5.74, 6) is 0. The van der Waals surface area contributed by atoms with E-state index in [2.05, 4.69) is 33.6 Å². The van der Waals surface area contributed by atoms with Crippen LogP contribution >= 0.6 is 0 Å². The predicted octanol–water partition coefficient (Wildman–Crippen LogP) is 6.37. The molecule has 2 heterocycles. The number of fused-ring (bicyclic) bond motifs is 1. The summed E-state index contributed by atoms with van der Waals surface area (Å²) in [7, 11) is 0. The number of nitrogens with one attached hydrogen (secondary N) is 2. The molecule has 30 heavy (non-hydrogen) atoms. The quantitative estimate of drug-likeness (QED) is 0.409. The maximum absolute atomic E-state index is 12.6. The van der Waals surface area contributed by atoms with E-state index in [4.69, 9.17) is 0 Å². The fourth-order valence-electron chi connectivity index (χ4n) is 3.54. The normalized spacial score (nSPS) is 11.8. The third-order valence-electron chi connectivity index (χ3n) is 5.15. The smallest absolute Gasteiger partial charge is 0.319 e. The van der Waals surface area contributed by atoms with Crippen LogP contribution in [0.2, 0.25) is 0 Å². The summed E-state index contributed by atoms with van der Waals surface area (Å²) in [6, 6.07) is 19.7. The van der Waals surface area contributed by atoms with Crippen molar-refractivity contribution in [1.82, 2.24) is 15.3 Å². The SMILES string of the molecule is CCC(NC(=O)Nc1ccc(-c2ccnc(C)c2)cc1)c1ccc2cnccc2c1.[HH].[HH]. The lowest BCUT2D eigenvalue weighted by Crippen LogP contribution is -2.32. The molecule has 2 aromatic heterocycles. The summed E-state index contributed by atoms with van der Waals surface area (Å²) in [5.41, 5.74) is 5.00. The third kappa shape index (κ3) is 4.46. The lowest BCUT2D eigenvalue weighted by Gasteiger charge is -2.18. The van der Waals surface area contributed by atoms with Crippen LogP contribution in [0.15, 0.2) is 79.3 Å². The number of nitrogens with zero attached hydrogens (tertiary/aromatic N) is 2. The van der Waals surface area contributed by atoms with Crippen LogP contribution in [0.25, 0.3) is 21.9 Å². The van der Waals surface area contributed by atoms with Gasteiger partial charge in [-0.3, -0.25) is 9.97 Å². The number of benzene rings is 2. The number of urea groups is 1. The highest BCUT2D eigenvalue weighted by atomic mass is 16.2. The van der Waals surface area contributed by atoms with Gasteiger partial charge >= 0.3 is 6.03 Å². The molecule has 0 spiro atoms. The number of amides is 2. The molecule has 0 radical (unpaired) electrons. The maximum atomic E-state index is 12.6. The highest BCUT2D eigenvalue weighted by molar-refractivity contribution is 5.90. The lowest BCUT2D eigenvalue weighted by atomic mass is 10.0. The highest BCUT2D eigenvalue weighted by Crippen LogP contribution is 2.23. The van der Waals surface area contributed by atoms with E-state index in [1.54, 1.807) is 12.4 Å². The summed E-state index contributed by atoms with van der Waals surface area (Å²) < 4.78 is 0. The van der Waals surface area contributed by atoms with E-state index in [0.29, 0.717) is 0 Å². The Hall–Kier alpha value is -3.73. The van der Waals surface area contributed by atoms with Crippen molar-refractivity contribution in [3.8, 4) is 11.1 Å². The summed E-state index contributed by atoms with van der Waals surface area (Å²) in [5, 5.41) is 8.21. The fourth-order valence-corrected chi connectivity index (χ4v) is 3.54. The maximum Gasteiger partial charge on any atom is 0.319 e. The number of pyridine rings is 2. The van der Waals surface area contributed by atoms with Crippen LogP contribution in [0.3, 0.4) is 0 Å². The van der Waals surface area contributed by atoms with Gasteiger partial charge in [-0.05, 0) is 71.8 Å². The molecule has 0 saturated carbocycles. The number of carbonyl (C=O) groups excluding carboxylic acids is 1. The van der Waals surface area contributed by atoms with E-state index in [1.807, 2.05) is 67.7 Å². The number of aromatic nitrogens is 2. The number of anilines is 1. The Balaban J connectivity index is 0.00000181. The van der Waals surface area contributed by atoms with E-state index in [1.165, 1.54) is 0 Å². The molecule has 0 aliphatic heterocycles. The molecule has 0 bridgehead atoms. The van der Waals surface area contributed by atoms with Gasteiger partial charge in [0, 0.05) is 38.2 Å². The molecule has 2 N–H and O–H groups in total. The largest absolute Gasteiger partial charge is 0.331 e. The van der Waals surface area contributed by atoms with Gasteiger partial charge in [-0.15, -0.1) is 0 Å². The van der Waals surface area contributed by atoms with Crippen LogP contribution in [0.1, 0.15) is 33.5 Å². The molecule has 0 saturated heterocycles. The molecule has 1 unspecified atom stereocenters. The second kappa shape index (κ2) is 8.74. The summed E-state index contributed by atoms with van der Waals surface area (Å²) in [4.78, 5) is 21.0. The number of aryl methyl sites for hydroxylation is 1. The average molecular weight is 401 g/mol. The van der Waals surface area contributed by atoms with Crippen molar-refractivity contribution in [3.63, 3.8) is 0 Å².